The quantitative estimate of drug-likeness (QED) is 0.414. The molecule has 0 spiro atoms. The van der Waals surface area contributed by atoms with Gasteiger partial charge in [-0.1, -0.05) is 24.0 Å². The molecule has 0 bridgehead atoms. The summed E-state index contributed by atoms with van der Waals surface area (Å²) in [5.74, 6) is 7.21. The fourth-order valence-corrected chi connectivity index (χ4v) is 1.76. The summed E-state index contributed by atoms with van der Waals surface area (Å²) in [6.45, 7) is 4.45. The molecule has 0 aliphatic heterocycles. The molecule has 1 aromatic rings. The van der Waals surface area contributed by atoms with Crippen molar-refractivity contribution in [2.75, 3.05) is 6.61 Å². The molecule has 82 valence electrons. The summed E-state index contributed by atoms with van der Waals surface area (Å²) in [4.78, 5) is 0. The van der Waals surface area contributed by atoms with Crippen molar-refractivity contribution in [3.63, 3.8) is 0 Å². The average molecular weight is 212 g/mol. The monoisotopic (exact) mass is 212 g/mol. The number of hydrogen-bond donors (Lipinski definition) is 0. The van der Waals surface area contributed by atoms with Crippen molar-refractivity contribution in [3.8, 4) is 17.6 Å². The fraction of sp³-hybridized carbons (Fsp3) is 0.333. The van der Waals surface area contributed by atoms with Crippen LogP contribution in [-0.4, -0.2) is 6.61 Å². The van der Waals surface area contributed by atoms with Gasteiger partial charge >= 0.3 is 0 Å². The number of benzene rings is 1. The van der Waals surface area contributed by atoms with Gasteiger partial charge in [0, 0.05) is 12.8 Å². The molecule has 2 rings (SSSR count). The first-order chi connectivity index (χ1) is 7.90. The van der Waals surface area contributed by atoms with Gasteiger partial charge in [0.15, 0.2) is 0 Å². The number of allylic oxidation sites excluding steroid dienone is 1. The summed E-state index contributed by atoms with van der Waals surface area (Å²) in [5.41, 5.74) is 2.66. The largest absolute Gasteiger partial charge is 0.494 e. The van der Waals surface area contributed by atoms with E-state index in [4.69, 9.17) is 4.74 Å². The maximum Gasteiger partial charge on any atom is 0.119 e. The second-order valence-corrected chi connectivity index (χ2v) is 3.92. The second kappa shape index (κ2) is 5.42. The van der Waals surface area contributed by atoms with E-state index in [0.29, 0.717) is 0 Å². The van der Waals surface area contributed by atoms with Crippen molar-refractivity contribution in [1.82, 2.24) is 0 Å². The predicted octanol–water partition coefficient (Wildman–Crippen LogP) is 3.13. The SMILES string of the molecule is C=CCCCOc1ccc2c(c1)CC#CC2. The molecule has 1 heteroatoms. The maximum absolute atomic E-state index is 5.68. The summed E-state index contributed by atoms with van der Waals surface area (Å²) in [6, 6.07) is 6.29. The Kier molecular flexibility index (Phi) is 3.66. The standard InChI is InChI=1S/C15H16O/c1-2-3-6-11-16-15-10-9-13-7-4-5-8-14(13)12-15/h2,9-10,12H,1,3,6-8,11H2. The first-order valence-electron chi connectivity index (χ1n) is 5.71. The molecule has 1 nitrogen and oxygen atoms in total. The molecule has 0 N–H and O–H groups in total. The Morgan fingerprint density at radius 3 is 2.88 bits per heavy atom. The van der Waals surface area contributed by atoms with Gasteiger partial charge in [-0.3, -0.25) is 0 Å². The van der Waals surface area contributed by atoms with E-state index in [9.17, 15) is 0 Å². The molecule has 0 fully saturated rings. The molecule has 0 saturated heterocycles. The lowest BCUT2D eigenvalue weighted by molar-refractivity contribution is 0.312. The summed E-state index contributed by atoms with van der Waals surface area (Å²) < 4.78 is 5.68. The Balaban J connectivity index is 1.95. The van der Waals surface area contributed by atoms with Crippen LogP contribution >= 0.6 is 0 Å². The van der Waals surface area contributed by atoms with Gasteiger partial charge < -0.3 is 4.74 Å². The number of hydrogen-bond acceptors (Lipinski definition) is 1. The predicted molar refractivity (Wildman–Crippen MR) is 66.6 cm³/mol. The van der Waals surface area contributed by atoms with Crippen LogP contribution in [0.1, 0.15) is 24.0 Å². The van der Waals surface area contributed by atoms with Crippen LogP contribution in [0, 0.1) is 11.8 Å². The third-order valence-corrected chi connectivity index (χ3v) is 2.68. The average Bonchev–Trinajstić information content (AvgIpc) is 2.34. The first kappa shape index (κ1) is 10.8. The highest BCUT2D eigenvalue weighted by atomic mass is 16.5. The molecule has 0 saturated carbocycles. The van der Waals surface area contributed by atoms with Gasteiger partial charge in [-0.25, -0.2) is 0 Å². The molecule has 0 radical (unpaired) electrons. The lowest BCUT2D eigenvalue weighted by atomic mass is 9.98. The Morgan fingerprint density at radius 1 is 1.25 bits per heavy atom. The van der Waals surface area contributed by atoms with E-state index in [1.54, 1.807) is 0 Å². The van der Waals surface area contributed by atoms with Gasteiger partial charge in [-0.2, -0.15) is 0 Å². The molecule has 0 aromatic heterocycles. The van der Waals surface area contributed by atoms with Crippen molar-refractivity contribution < 1.29 is 4.74 Å². The second-order valence-electron chi connectivity index (χ2n) is 3.92. The third kappa shape index (κ3) is 2.67. The zero-order chi connectivity index (χ0) is 11.2. The van der Waals surface area contributed by atoms with E-state index in [-0.39, 0.29) is 0 Å². The highest BCUT2D eigenvalue weighted by molar-refractivity contribution is 5.42. The van der Waals surface area contributed by atoms with Crippen molar-refractivity contribution in [3.05, 3.63) is 42.0 Å². The van der Waals surface area contributed by atoms with Crippen LogP contribution < -0.4 is 4.74 Å². The fourth-order valence-electron chi connectivity index (χ4n) is 1.76. The lowest BCUT2D eigenvalue weighted by Crippen LogP contribution is -2.01. The van der Waals surface area contributed by atoms with Crippen molar-refractivity contribution in [2.24, 2.45) is 0 Å². The maximum atomic E-state index is 5.68. The van der Waals surface area contributed by atoms with E-state index in [2.05, 4.69) is 30.6 Å². The van der Waals surface area contributed by atoms with E-state index in [1.807, 2.05) is 12.1 Å². The highest BCUT2D eigenvalue weighted by Gasteiger charge is 2.05. The van der Waals surface area contributed by atoms with E-state index < -0.39 is 0 Å². The lowest BCUT2D eigenvalue weighted by Gasteiger charge is -2.11. The van der Waals surface area contributed by atoms with Crippen molar-refractivity contribution in [1.29, 1.82) is 0 Å². The molecule has 0 heterocycles. The Morgan fingerprint density at radius 2 is 2.06 bits per heavy atom. The molecular formula is C15H16O. The number of unbranched alkanes of at least 4 members (excludes halogenated alkanes) is 1. The smallest absolute Gasteiger partial charge is 0.119 e. The minimum atomic E-state index is 0.760. The van der Waals surface area contributed by atoms with Gasteiger partial charge in [0.05, 0.1) is 6.61 Å². The van der Waals surface area contributed by atoms with E-state index >= 15 is 0 Å². The molecule has 1 aliphatic rings. The number of fused-ring (bicyclic) bond motifs is 1. The first-order valence-corrected chi connectivity index (χ1v) is 5.71. The highest BCUT2D eigenvalue weighted by Crippen LogP contribution is 2.20. The Bertz CT molecular complexity index is 434. The molecule has 1 aromatic carbocycles. The Hall–Kier alpha value is -1.68. The van der Waals surface area contributed by atoms with Gasteiger partial charge in [0.1, 0.15) is 5.75 Å². The van der Waals surface area contributed by atoms with Crippen LogP contribution in [0.4, 0.5) is 0 Å². The van der Waals surface area contributed by atoms with Gasteiger partial charge in [0.2, 0.25) is 0 Å². The number of ether oxygens (including phenoxy) is 1. The van der Waals surface area contributed by atoms with Crippen molar-refractivity contribution in [2.45, 2.75) is 25.7 Å². The van der Waals surface area contributed by atoms with Gasteiger partial charge in [-0.05, 0) is 36.1 Å². The van der Waals surface area contributed by atoms with Crippen LogP contribution in [-0.2, 0) is 12.8 Å². The topological polar surface area (TPSA) is 9.23 Å². The summed E-state index contributed by atoms with van der Waals surface area (Å²) in [6.07, 6.45) is 5.70. The summed E-state index contributed by atoms with van der Waals surface area (Å²) in [7, 11) is 0. The Labute approximate surface area is 97.1 Å². The summed E-state index contributed by atoms with van der Waals surface area (Å²) in [5, 5.41) is 0. The molecule has 0 atom stereocenters. The van der Waals surface area contributed by atoms with Gasteiger partial charge in [0.25, 0.3) is 0 Å². The molecule has 1 aliphatic carbocycles. The molecule has 0 unspecified atom stereocenters. The zero-order valence-corrected chi connectivity index (χ0v) is 9.46. The van der Waals surface area contributed by atoms with Crippen LogP contribution in [0.25, 0.3) is 0 Å². The van der Waals surface area contributed by atoms with Crippen LogP contribution in [0.2, 0.25) is 0 Å². The molecule has 0 amide bonds. The third-order valence-electron chi connectivity index (χ3n) is 2.68. The zero-order valence-electron chi connectivity index (χ0n) is 9.46. The number of rotatable bonds is 5. The van der Waals surface area contributed by atoms with Crippen LogP contribution in [0.15, 0.2) is 30.9 Å². The van der Waals surface area contributed by atoms with Crippen LogP contribution in [0.3, 0.4) is 0 Å². The van der Waals surface area contributed by atoms with Crippen molar-refractivity contribution >= 4 is 0 Å². The minimum absolute atomic E-state index is 0.760. The molecular weight excluding hydrogens is 196 g/mol. The van der Waals surface area contributed by atoms with Crippen LogP contribution in [0.5, 0.6) is 5.75 Å². The molecule has 16 heavy (non-hydrogen) atoms. The minimum Gasteiger partial charge on any atom is -0.494 e. The normalized spacial score (nSPS) is 12.2. The van der Waals surface area contributed by atoms with Gasteiger partial charge in [-0.15, -0.1) is 6.58 Å². The van der Waals surface area contributed by atoms with E-state index in [1.165, 1.54) is 11.1 Å². The summed E-state index contributed by atoms with van der Waals surface area (Å²) >= 11 is 0. The van der Waals surface area contributed by atoms with E-state index in [0.717, 1.165) is 38.0 Å².